The van der Waals surface area contributed by atoms with E-state index in [1.807, 2.05) is 25.7 Å². The van der Waals surface area contributed by atoms with Crippen molar-refractivity contribution in [3.8, 4) is 11.5 Å². The van der Waals surface area contributed by atoms with E-state index >= 15 is 0 Å². The quantitative estimate of drug-likeness (QED) is 0.359. The number of piperazine rings is 1. The second-order valence-electron chi connectivity index (χ2n) is 8.10. The summed E-state index contributed by atoms with van der Waals surface area (Å²) in [5, 5.41) is 0. The van der Waals surface area contributed by atoms with Crippen LogP contribution in [0.4, 0.5) is 9.18 Å². The van der Waals surface area contributed by atoms with Crippen LogP contribution in [-0.4, -0.2) is 65.2 Å². The molecule has 1 aliphatic heterocycles. The van der Waals surface area contributed by atoms with Gasteiger partial charge in [0.25, 0.3) is 0 Å². The second-order valence-corrected chi connectivity index (χ2v) is 8.10. The summed E-state index contributed by atoms with van der Waals surface area (Å²) in [6, 6.07) is 5.98. The first-order valence-electron chi connectivity index (χ1n) is 9.94. The first-order valence-corrected chi connectivity index (χ1v) is 9.94. The number of benzene rings is 1. The lowest BCUT2D eigenvalue weighted by Crippen LogP contribution is -2.53. The molecule has 1 amide bonds. The van der Waals surface area contributed by atoms with E-state index in [1.54, 1.807) is 23.3 Å². The largest absolute Gasteiger partial charge is 0.444 e. The lowest BCUT2D eigenvalue weighted by molar-refractivity contribution is 0.0186. The Balaban J connectivity index is 0.00000341. The summed E-state index contributed by atoms with van der Waals surface area (Å²) in [5.41, 5.74) is 7.07. The fourth-order valence-corrected chi connectivity index (χ4v) is 2.98. The van der Waals surface area contributed by atoms with Crippen LogP contribution in [0.3, 0.4) is 0 Å². The van der Waals surface area contributed by atoms with Gasteiger partial charge in [-0.05, 0) is 45.0 Å². The Morgan fingerprint density at radius 1 is 1.19 bits per heavy atom. The first kappa shape index (κ1) is 24.9. The van der Waals surface area contributed by atoms with Crippen LogP contribution in [0, 0.1) is 5.82 Å². The third kappa shape index (κ3) is 7.37. The molecule has 31 heavy (non-hydrogen) atoms. The number of rotatable bonds is 4. The monoisotopic (exact) mass is 545 g/mol. The number of carbonyl (C=O) groups is 1. The molecule has 0 radical (unpaired) electrons. The lowest BCUT2D eigenvalue weighted by atomic mass is 10.2. The molecular formula is C21H29FIN5O3. The van der Waals surface area contributed by atoms with Gasteiger partial charge in [-0.1, -0.05) is 0 Å². The predicted molar refractivity (Wildman–Crippen MR) is 127 cm³/mol. The summed E-state index contributed by atoms with van der Waals surface area (Å²) >= 11 is 0. The van der Waals surface area contributed by atoms with Crippen molar-refractivity contribution in [2.24, 2.45) is 10.7 Å². The highest BCUT2D eigenvalue weighted by atomic mass is 127. The van der Waals surface area contributed by atoms with Crippen molar-refractivity contribution >= 4 is 36.0 Å². The van der Waals surface area contributed by atoms with E-state index in [4.69, 9.17) is 14.9 Å². The van der Waals surface area contributed by atoms with Crippen LogP contribution in [0.1, 0.15) is 26.5 Å². The molecule has 0 saturated carbocycles. The van der Waals surface area contributed by atoms with E-state index in [0.29, 0.717) is 56.6 Å². The van der Waals surface area contributed by atoms with Crippen molar-refractivity contribution < 1.29 is 18.3 Å². The van der Waals surface area contributed by atoms with Crippen LogP contribution >= 0.6 is 24.0 Å². The van der Waals surface area contributed by atoms with Crippen molar-refractivity contribution in [3.05, 3.63) is 42.0 Å². The highest BCUT2D eigenvalue weighted by Crippen LogP contribution is 2.19. The molecular weight excluding hydrogens is 516 g/mol. The van der Waals surface area contributed by atoms with Gasteiger partial charge in [-0.3, -0.25) is 4.99 Å². The van der Waals surface area contributed by atoms with E-state index in [-0.39, 0.29) is 35.9 Å². The number of aromatic nitrogens is 1. The van der Waals surface area contributed by atoms with Gasteiger partial charge in [0.15, 0.2) is 5.96 Å². The summed E-state index contributed by atoms with van der Waals surface area (Å²) < 4.78 is 23.9. The number of amides is 1. The van der Waals surface area contributed by atoms with E-state index in [1.165, 1.54) is 12.1 Å². The van der Waals surface area contributed by atoms with E-state index in [0.717, 1.165) is 5.69 Å². The third-order valence-electron chi connectivity index (χ3n) is 4.54. The zero-order valence-electron chi connectivity index (χ0n) is 18.0. The standard InChI is InChI=1S/C21H28FN5O3.HI/c1-21(2,3)30-20(28)27-12-10-26(11-13-27)19(23)24-9-8-17-14-29-18(25-17)15-4-6-16(22)7-5-15;/h4-7,14H,8-13H2,1-3H3,(H2,23,24);1H. The topological polar surface area (TPSA) is 97.2 Å². The smallest absolute Gasteiger partial charge is 0.410 e. The van der Waals surface area contributed by atoms with Gasteiger partial charge in [0, 0.05) is 44.7 Å². The number of halogens is 2. The normalized spacial score (nSPS) is 14.9. The predicted octanol–water partition coefficient (Wildman–Crippen LogP) is 3.51. The number of ether oxygens (including phenoxy) is 1. The number of nitrogens with zero attached hydrogens (tertiary/aromatic N) is 4. The number of carbonyl (C=O) groups excluding carboxylic acids is 1. The Bertz CT molecular complexity index is 887. The lowest BCUT2D eigenvalue weighted by Gasteiger charge is -2.36. The molecule has 0 bridgehead atoms. The van der Waals surface area contributed by atoms with Crippen LogP contribution in [0.25, 0.3) is 11.5 Å². The number of guanidine groups is 1. The highest BCUT2D eigenvalue weighted by molar-refractivity contribution is 14.0. The summed E-state index contributed by atoms with van der Waals surface area (Å²) in [6.45, 7) is 8.30. The molecule has 1 saturated heterocycles. The van der Waals surface area contributed by atoms with E-state index in [2.05, 4.69) is 9.98 Å². The summed E-state index contributed by atoms with van der Waals surface area (Å²) in [4.78, 5) is 24.6. The van der Waals surface area contributed by atoms with Crippen molar-refractivity contribution in [1.82, 2.24) is 14.8 Å². The first-order chi connectivity index (χ1) is 14.2. The maximum absolute atomic E-state index is 13.0. The van der Waals surface area contributed by atoms with E-state index in [9.17, 15) is 9.18 Å². The van der Waals surface area contributed by atoms with Crippen molar-refractivity contribution in [1.29, 1.82) is 0 Å². The minimum atomic E-state index is -0.508. The average molecular weight is 545 g/mol. The third-order valence-corrected chi connectivity index (χ3v) is 4.54. The Labute approximate surface area is 198 Å². The second kappa shape index (κ2) is 10.8. The molecule has 1 aromatic carbocycles. The Hall–Kier alpha value is -2.37. The maximum atomic E-state index is 13.0. The minimum absolute atomic E-state index is 0. The fourth-order valence-electron chi connectivity index (χ4n) is 2.98. The molecule has 1 aliphatic rings. The number of oxazole rings is 1. The molecule has 0 atom stereocenters. The number of hydrogen-bond donors (Lipinski definition) is 1. The summed E-state index contributed by atoms with van der Waals surface area (Å²) in [5.74, 6) is 0.587. The van der Waals surface area contributed by atoms with Gasteiger partial charge in [-0.25, -0.2) is 14.2 Å². The Morgan fingerprint density at radius 3 is 2.42 bits per heavy atom. The van der Waals surface area contributed by atoms with Crippen LogP contribution in [0.2, 0.25) is 0 Å². The summed E-state index contributed by atoms with van der Waals surface area (Å²) in [7, 11) is 0. The minimum Gasteiger partial charge on any atom is -0.444 e. The fraction of sp³-hybridized carbons (Fsp3) is 0.476. The Morgan fingerprint density at radius 2 is 1.81 bits per heavy atom. The van der Waals surface area contributed by atoms with Gasteiger partial charge in [-0.2, -0.15) is 0 Å². The molecule has 2 aromatic rings. The molecule has 2 N–H and O–H groups in total. The van der Waals surface area contributed by atoms with Gasteiger partial charge in [0.1, 0.15) is 17.7 Å². The van der Waals surface area contributed by atoms with Crippen molar-refractivity contribution in [2.45, 2.75) is 32.8 Å². The molecule has 0 aliphatic carbocycles. The number of aliphatic imine (C=N–C) groups is 1. The van der Waals surface area contributed by atoms with Gasteiger partial charge in [0.2, 0.25) is 5.89 Å². The van der Waals surface area contributed by atoms with Gasteiger partial charge < -0.3 is 24.7 Å². The SMILES string of the molecule is CC(C)(C)OC(=O)N1CCN(C(N)=NCCc2coc(-c3ccc(F)cc3)n2)CC1.I. The van der Waals surface area contributed by atoms with Gasteiger partial charge >= 0.3 is 6.09 Å². The van der Waals surface area contributed by atoms with Crippen LogP contribution in [0.15, 0.2) is 39.9 Å². The van der Waals surface area contributed by atoms with Crippen LogP contribution < -0.4 is 5.73 Å². The van der Waals surface area contributed by atoms with Crippen LogP contribution in [0.5, 0.6) is 0 Å². The molecule has 1 fully saturated rings. The van der Waals surface area contributed by atoms with Crippen LogP contribution in [-0.2, 0) is 11.2 Å². The van der Waals surface area contributed by atoms with Gasteiger partial charge in [-0.15, -0.1) is 24.0 Å². The van der Waals surface area contributed by atoms with Crippen molar-refractivity contribution in [3.63, 3.8) is 0 Å². The highest BCUT2D eigenvalue weighted by Gasteiger charge is 2.26. The molecule has 2 heterocycles. The van der Waals surface area contributed by atoms with Crippen molar-refractivity contribution in [2.75, 3.05) is 32.7 Å². The molecule has 8 nitrogen and oxygen atoms in total. The molecule has 0 unspecified atom stereocenters. The molecule has 3 rings (SSSR count). The number of hydrogen-bond acceptors (Lipinski definition) is 5. The zero-order chi connectivity index (χ0) is 21.7. The molecule has 1 aromatic heterocycles. The summed E-state index contributed by atoms with van der Waals surface area (Å²) in [6.07, 6.45) is 1.84. The number of nitrogens with two attached hydrogens (primary N) is 1. The molecule has 170 valence electrons. The van der Waals surface area contributed by atoms with Gasteiger partial charge in [0.05, 0.1) is 5.69 Å². The molecule has 0 spiro atoms. The Kier molecular flexibility index (Phi) is 8.66. The average Bonchev–Trinajstić information content (AvgIpc) is 3.16. The maximum Gasteiger partial charge on any atom is 0.410 e. The molecule has 10 heteroatoms. The zero-order valence-corrected chi connectivity index (χ0v) is 20.3. The van der Waals surface area contributed by atoms with E-state index < -0.39 is 5.60 Å².